The molecule has 0 bridgehead atoms. The Morgan fingerprint density at radius 2 is 1.17 bits per heavy atom. The maximum atomic E-state index is 14.3. The summed E-state index contributed by atoms with van der Waals surface area (Å²) in [4.78, 5) is 0. The molecule has 1 nitrogen and oxygen atoms in total. The lowest BCUT2D eigenvalue weighted by molar-refractivity contribution is 0.592. The second-order valence-corrected chi connectivity index (χ2v) is 8.87. The van der Waals surface area contributed by atoms with Gasteiger partial charge in [0.1, 0.15) is 0 Å². The van der Waals surface area contributed by atoms with Gasteiger partial charge >= 0.3 is 0 Å². The van der Waals surface area contributed by atoms with Crippen molar-refractivity contribution in [2.75, 3.05) is 5.33 Å². The van der Waals surface area contributed by atoms with E-state index in [9.17, 15) is 4.57 Å². The van der Waals surface area contributed by atoms with Crippen LogP contribution in [-0.2, 0) is 11.0 Å². The smallest absolute Gasteiger partial charge is 0.171 e. The molecule has 3 heteroatoms. The summed E-state index contributed by atoms with van der Waals surface area (Å²) in [5.41, 5.74) is 1.14. The second kappa shape index (κ2) is 7.29. The highest BCUT2D eigenvalue weighted by atomic mass is 79.9. The van der Waals surface area contributed by atoms with Crippen molar-refractivity contribution in [3.05, 3.63) is 90.5 Å². The van der Waals surface area contributed by atoms with E-state index in [4.69, 9.17) is 0 Å². The minimum absolute atomic E-state index is 0.855. The molecule has 0 aliphatic heterocycles. The Morgan fingerprint density at radius 3 is 1.70 bits per heavy atom. The van der Waals surface area contributed by atoms with Gasteiger partial charge in [0.05, 0.1) is 0 Å². The average Bonchev–Trinajstić information content (AvgIpc) is 2.63. The van der Waals surface area contributed by atoms with Gasteiger partial charge < -0.3 is 4.57 Å². The lowest BCUT2D eigenvalue weighted by Gasteiger charge is -2.22. The summed E-state index contributed by atoms with van der Waals surface area (Å²) in [7, 11) is -2.86. The normalized spacial score (nSPS) is 11.3. The van der Waals surface area contributed by atoms with Crippen LogP contribution in [0.3, 0.4) is 0 Å². The molecule has 0 N–H and O–H groups in total. The van der Waals surface area contributed by atoms with Crippen molar-refractivity contribution in [3.63, 3.8) is 0 Å². The summed E-state index contributed by atoms with van der Waals surface area (Å²) in [6.07, 6.45) is 0.861. The van der Waals surface area contributed by atoms with E-state index in [-0.39, 0.29) is 0 Å². The summed E-state index contributed by atoms with van der Waals surface area (Å²) in [5, 5.41) is 3.56. The minimum Gasteiger partial charge on any atom is -0.309 e. The van der Waals surface area contributed by atoms with E-state index in [0.29, 0.717) is 0 Å². The lowest BCUT2D eigenvalue weighted by atomic mass is 10.2. The van der Waals surface area contributed by atoms with E-state index in [0.717, 1.165) is 33.2 Å². The third-order valence-electron chi connectivity index (χ3n) is 3.93. The molecule has 0 unspecified atom stereocenters. The molecule has 0 aliphatic rings. The molecule has 0 radical (unpaired) electrons. The molecule has 0 saturated heterocycles. The summed E-state index contributed by atoms with van der Waals surface area (Å²) < 4.78 is 14.3. The molecule has 0 amide bonds. The van der Waals surface area contributed by atoms with Crippen LogP contribution >= 0.6 is 23.1 Å². The van der Waals surface area contributed by atoms with Crippen molar-refractivity contribution in [1.82, 2.24) is 0 Å². The number of rotatable bonds is 5. The van der Waals surface area contributed by atoms with Gasteiger partial charge in [0, 0.05) is 21.2 Å². The van der Waals surface area contributed by atoms with Crippen molar-refractivity contribution < 1.29 is 4.57 Å². The van der Waals surface area contributed by atoms with E-state index in [1.807, 2.05) is 78.9 Å². The van der Waals surface area contributed by atoms with Crippen LogP contribution in [0.4, 0.5) is 0 Å². The molecule has 0 aromatic heterocycles. The minimum atomic E-state index is -2.86. The summed E-state index contributed by atoms with van der Waals surface area (Å²) in [6.45, 7) is 0. The van der Waals surface area contributed by atoms with Crippen LogP contribution in [0, 0.1) is 0 Å². The lowest BCUT2D eigenvalue weighted by Crippen LogP contribution is -2.27. The van der Waals surface area contributed by atoms with Crippen molar-refractivity contribution in [2.45, 2.75) is 6.42 Å². The SMILES string of the molecule is O=P(c1ccccc1)(c1ccccc1)c1ccccc1CCBr. The van der Waals surface area contributed by atoms with E-state index < -0.39 is 7.14 Å². The number of aryl methyl sites for hydroxylation is 1. The largest absolute Gasteiger partial charge is 0.309 e. The van der Waals surface area contributed by atoms with Crippen molar-refractivity contribution in [2.24, 2.45) is 0 Å². The predicted octanol–water partition coefficient (Wildman–Crippen LogP) is 4.26. The highest BCUT2D eigenvalue weighted by Gasteiger charge is 2.31. The Labute approximate surface area is 145 Å². The summed E-state index contributed by atoms with van der Waals surface area (Å²) >= 11 is 3.51. The third-order valence-corrected chi connectivity index (χ3v) is 7.50. The quantitative estimate of drug-likeness (QED) is 0.474. The van der Waals surface area contributed by atoms with Crippen LogP contribution in [-0.4, -0.2) is 5.33 Å². The molecule has 116 valence electrons. The number of halogens is 1. The van der Waals surface area contributed by atoms with Gasteiger partial charge in [0.15, 0.2) is 7.14 Å². The second-order valence-electron chi connectivity index (χ2n) is 5.35. The van der Waals surface area contributed by atoms with Crippen molar-refractivity contribution >= 4 is 39.0 Å². The first kappa shape index (κ1) is 16.2. The molecule has 0 aliphatic carbocycles. The summed E-state index contributed by atoms with van der Waals surface area (Å²) in [6, 6.07) is 27.7. The molecule has 23 heavy (non-hydrogen) atoms. The monoisotopic (exact) mass is 384 g/mol. The Balaban J connectivity index is 2.28. The molecule has 3 aromatic carbocycles. The predicted molar refractivity (Wildman–Crippen MR) is 103 cm³/mol. The zero-order valence-corrected chi connectivity index (χ0v) is 15.2. The zero-order chi connectivity index (χ0) is 16.1. The Morgan fingerprint density at radius 1 is 0.696 bits per heavy atom. The maximum Gasteiger partial charge on any atom is 0.171 e. The van der Waals surface area contributed by atoms with E-state index >= 15 is 0 Å². The fraction of sp³-hybridized carbons (Fsp3) is 0.100. The van der Waals surface area contributed by atoms with Gasteiger partial charge in [-0.1, -0.05) is 101 Å². The van der Waals surface area contributed by atoms with E-state index in [1.54, 1.807) is 0 Å². The number of hydrogen-bond acceptors (Lipinski definition) is 1. The molecular formula is C20H18BrOP. The topological polar surface area (TPSA) is 17.1 Å². The Kier molecular flexibility index (Phi) is 5.15. The van der Waals surface area contributed by atoms with Gasteiger partial charge in [0.2, 0.25) is 0 Å². The molecule has 3 aromatic rings. The number of benzene rings is 3. The highest BCUT2D eigenvalue weighted by Crippen LogP contribution is 2.43. The van der Waals surface area contributed by atoms with E-state index in [2.05, 4.69) is 22.0 Å². The summed E-state index contributed by atoms with van der Waals surface area (Å²) in [5.74, 6) is 0. The first-order valence-electron chi connectivity index (χ1n) is 7.62. The molecular weight excluding hydrogens is 367 g/mol. The molecule has 0 spiro atoms. The molecule has 0 saturated carbocycles. The third kappa shape index (κ3) is 3.20. The number of hydrogen-bond donors (Lipinski definition) is 0. The fourth-order valence-corrected chi connectivity index (χ4v) is 6.19. The van der Waals surface area contributed by atoms with Crippen LogP contribution in [0.2, 0.25) is 0 Å². The van der Waals surface area contributed by atoms with Gasteiger partial charge in [-0.15, -0.1) is 0 Å². The highest BCUT2D eigenvalue weighted by molar-refractivity contribution is 9.09. The van der Waals surface area contributed by atoms with Gasteiger partial charge in [-0.3, -0.25) is 0 Å². The zero-order valence-electron chi connectivity index (χ0n) is 12.7. The standard InChI is InChI=1S/C20H18BrOP/c21-16-15-17-9-7-8-14-20(17)23(22,18-10-3-1-4-11-18)19-12-5-2-6-13-19/h1-14H,15-16H2. The molecule has 3 rings (SSSR count). The van der Waals surface area contributed by atoms with Gasteiger partial charge in [0.25, 0.3) is 0 Å². The van der Waals surface area contributed by atoms with Crippen LogP contribution < -0.4 is 15.9 Å². The molecule has 0 fully saturated rings. The van der Waals surface area contributed by atoms with Crippen LogP contribution in [0.15, 0.2) is 84.9 Å². The molecule has 0 heterocycles. The maximum absolute atomic E-state index is 14.3. The van der Waals surface area contributed by atoms with Gasteiger partial charge in [-0.05, 0) is 12.0 Å². The van der Waals surface area contributed by atoms with Crippen molar-refractivity contribution in [3.8, 4) is 0 Å². The van der Waals surface area contributed by atoms with Gasteiger partial charge in [-0.25, -0.2) is 0 Å². The van der Waals surface area contributed by atoms with Crippen molar-refractivity contribution in [1.29, 1.82) is 0 Å². The Hall–Kier alpha value is -1.63. The molecule has 0 atom stereocenters. The number of alkyl halides is 1. The fourth-order valence-electron chi connectivity index (χ4n) is 2.83. The van der Waals surface area contributed by atoms with Crippen LogP contribution in [0.25, 0.3) is 0 Å². The average molecular weight is 385 g/mol. The van der Waals surface area contributed by atoms with E-state index in [1.165, 1.54) is 0 Å². The first-order valence-corrected chi connectivity index (χ1v) is 10.5. The Bertz CT molecular complexity index is 772. The van der Waals surface area contributed by atoms with Crippen LogP contribution in [0.1, 0.15) is 5.56 Å². The van der Waals surface area contributed by atoms with Gasteiger partial charge in [-0.2, -0.15) is 0 Å². The first-order chi connectivity index (χ1) is 11.3. The van der Waals surface area contributed by atoms with Crippen LogP contribution in [0.5, 0.6) is 0 Å².